The van der Waals surface area contributed by atoms with Gasteiger partial charge in [0, 0.05) is 16.7 Å². The predicted molar refractivity (Wildman–Crippen MR) is 117 cm³/mol. The number of amides is 2. The number of ether oxygens (including phenoxy) is 3. The minimum absolute atomic E-state index is 0.262. The minimum Gasteiger partial charge on any atom is -0.497 e. The van der Waals surface area contributed by atoms with E-state index in [-0.39, 0.29) is 5.56 Å². The summed E-state index contributed by atoms with van der Waals surface area (Å²) < 4.78 is 16.0. The average Bonchev–Trinajstić information content (AvgIpc) is 2.81. The third-order valence-electron chi connectivity index (χ3n) is 4.38. The number of carbonyl (C=O) groups is 2. The summed E-state index contributed by atoms with van der Waals surface area (Å²) in [6.07, 6.45) is 0. The van der Waals surface area contributed by atoms with Crippen molar-refractivity contribution in [3.05, 3.63) is 88.4 Å². The number of halogens is 1. The largest absolute Gasteiger partial charge is 0.497 e. The van der Waals surface area contributed by atoms with Gasteiger partial charge in [0.05, 0.1) is 19.8 Å². The smallest absolute Gasteiger partial charge is 0.273 e. The molecule has 0 atom stereocenters. The number of carbonyl (C=O) groups excluding carboxylic acids is 2. The second-order valence-corrected chi connectivity index (χ2v) is 6.85. The number of nitrogens with one attached hydrogen (secondary N) is 2. The van der Waals surface area contributed by atoms with Gasteiger partial charge in [-0.2, -0.15) is 0 Å². The fraction of sp³-hybridized carbons (Fsp3) is 0.130. The Morgan fingerprint density at radius 1 is 0.806 bits per heavy atom. The summed E-state index contributed by atoms with van der Waals surface area (Å²) >= 11 is 5.85. The Balaban J connectivity index is 1.54. The lowest BCUT2D eigenvalue weighted by Gasteiger charge is -2.12. The summed E-state index contributed by atoms with van der Waals surface area (Å²) in [5.74, 6) is 0.614. The molecule has 0 aliphatic heterocycles. The van der Waals surface area contributed by atoms with E-state index in [2.05, 4.69) is 10.9 Å². The summed E-state index contributed by atoms with van der Waals surface area (Å²) in [7, 11) is 2.96. The van der Waals surface area contributed by atoms with Gasteiger partial charge in [-0.3, -0.25) is 20.4 Å². The van der Waals surface area contributed by atoms with Crippen molar-refractivity contribution in [2.24, 2.45) is 0 Å². The molecule has 2 amide bonds. The van der Waals surface area contributed by atoms with E-state index in [1.54, 1.807) is 66.7 Å². The zero-order chi connectivity index (χ0) is 22.2. The van der Waals surface area contributed by atoms with Gasteiger partial charge in [0.1, 0.15) is 23.9 Å². The van der Waals surface area contributed by atoms with Crippen molar-refractivity contribution >= 4 is 23.4 Å². The number of methoxy groups -OCH3 is 2. The van der Waals surface area contributed by atoms with Crippen LogP contribution in [0.3, 0.4) is 0 Å². The molecule has 0 spiro atoms. The van der Waals surface area contributed by atoms with E-state index < -0.39 is 11.8 Å². The Morgan fingerprint density at radius 2 is 1.45 bits per heavy atom. The van der Waals surface area contributed by atoms with Crippen LogP contribution < -0.4 is 25.1 Å². The lowest BCUT2D eigenvalue weighted by atomic mass is 10.1. The van der Waals surface area contributed by atoms with Crippen molar-refractivity contribution in [2.45, 2.75) is 6.61 Å². The van der Waals surface area contributed by atoms with Crippen molar-refractivity contribution in [3.8, 4) is 17.2 Å². The first-order valence-electron chi connectivity index (χ1n) is 9.30. The van der Waals surface area contributed by atoms with Gasteiger partial charge < -0.3 is 14.2 Å². The zero-order valence-corrected chi connectivity index (χ0v) is 17.7. The highest BCUT2D eigenvalue weighted by molar-refractivity contribution is 6.30. The van der Waals surface area contributed by atoms with E-state index in [1.807, 2.05) is 0 Å². The van der Waals surface area contributed by atoms with Crippen LogP contribution in [0.4, 0.5) is 0 Å². The molecule has 160 valence electrons. The molecule has 0 aromatic heterocycles. The summed E-state index contributed by atoms with van der Waals surface area (Å²) in [5, 5.41) is 0.639. The van der Waals surface area contributed by atoms with Gasteiger partial charge in [0.2, 0.25) is 0 Å². The van der Waals surface area contributed by atoms with Crippen molar-refractivity contribution in [1.82, 2.24) is 10.9 Å². The maximum Gasteiger partial charge on any atom is 0.273 e. The lowest BCUT2D eigenvalue weighted by Crippen LogP contribution is -2.41. The van der Waals surface area contributed by atoms with Crippen LogP contribution in [0.15, 0.2) is 66.7 Å². The Labute approximate surface area is 184 Å². The summed E-state index contributed by atoms with van der Waals surface area (Å²) in [5.41, 5.74) is 6.31. The first-order valence-corrected chi connectivity index (χ1v) is 9.68. The maximum absolute atomic E-state index is 12.4. The predicted octanol–water partition coefficient (Wildman–Crippen LogP) is 4.01. The van der Waals surface area contributed by atoms with Gasteiger partial charge in [0.15, 0.2) is 0 Å². The molecule has 0 saturated heterocycles. The molecule has 0 unspecified atom stereocenters. The van der Waals surface area contributed by atoms with Crippen molar-refractivity contribution in [3.63, 3.8) is 0 Å². The lowest BCUT2D eigenvalue weighted by molar-refractivity contribution is 0.0845. The van der Waals surface area contributed by atoms with Crippen LogP contribution in [-0.2, 0) is 6.61 Å². The average molecular weight is 441 g/mol. The highest BCUT2D eigenvalue weighted by Crippen LogP contribution is 2.24. The van der Waals surface area contributed by atoms with Crippen molar-refractivity contribution in [2.75, 3.05) is 14.2 Å². The minimum atomic E-state index is -0.513. The first kappa shape index (κ1) is 22.0. The molecule has 0 aliphatic carbocycles. The summed E-state index contributed by atoms with van der Waals surface area (Å²) in [6.45, 7) is 0.345. The van der Waals surface area contributed by atoms with E-state index in [0.29, 0.717) is 34.4 Å². The second kappa shape index (κ2) is 10.4. The van der Waals surface area contributed by atoms with Crippen LogP contribution in [0.5, 0.6) is 17.2 Å². The fourth-order valence-electron chi connectivity index (χ4n) is 2.69. The van der Waals surface area contributed by atoms with E-state index in [9.17, 15) is 9.59 Å². The van der Waals surface area contributed by atoms with E-state index in [0.717, 1.165) is 5.56 Å². The number of hydrogen-bond donors (Lipinski definition) is 2. The maximum atomic E-state index is 12.4. The highest BCUT2D eigenvalue weighted by atomic mass is 35.5. The molecule has 31 heavy (non-hydrogen) atoms. The topological polar surface area (TPSA) is 85.9 Å². The number of rotatable bonds is 7. The van der Waals surface area contributed by atoms with E-state index in [4.69, 9.17) is 25.8 Å². The van der Waals surface area contributed by atoms with Gasteiger partial charge in [-0.25, -0.2) is 0 Å². The Bertz CT molecular complexity index is 1050. The number of hydrazine groups is 1. The van der Waals surface area contributed by atoms with Crippen LogP contribution in [-0.4, -0.2) is 26.0 Å². The molecule has 0 aliphatic rings. The molecule has 0 radical (unpaired) electrons. The molecule has 0 heterocycles. The molecule has 0 saturated carbocycles. The van der Waals surface area contributed by atoms with Crippen LogP contribution in [0.1, 0.15) is 26.3 Å². The molecule has 3 aromatic rings. The molecule has 3 rings (SSSR count). The van der Waals surface area contributed by atoms with E-state index >= 15 is 0 Å². The van der Waals surface area contributed by atoms with Gasteiger partial charge >= 0.3 is 0 Å². The number of benzene rings is 3. The van der Waals surface area contributed by atoms with Gasteiger partial charge in [-0.05, 0) is 54.1 Å². The molecule has 2 N–H and O–H groups in total. The molecular weight excluding hydrogens is 420 g/mol. The quantitative estimate of drug-likeness (QED) is 0.542. The van der Waals surface area contributed by atoms with Gasteiger partial charge in [-0.15, -0.1) is 0 Å². The molecule has 3 aromatic carbocycles. The molecular formula is C23H21ClN2O5. The Morgan fingerprint density at radius 3 is 2.10 bits per heavy atom. The van der Waals surface area contributed by atoms with Gasteiger partial charge in [-0.1, -0.05) is 23.7 Å². The van der Waals surface area contributed by atoms with Gasteiger partial charge in [0.25, 0.3) is 11.8 Å². The van der Waals surface area contributed by atoms with Crippen molar-refractivity contribution < 1.29 is 23.8 Å². The van der Waals surface area contributed by atoms with E-state index in [1.165, 1.54) is 14.2 Å². The fourth-order valence-corrected chi connectivity index (χ4v) is 2.81. The molecule has 0 bridgehead atoms. The summed E-state index contributed by atoms with van der Waals surface area (Å²) in [4.78, 5) is 24.7. The second-order valence-electron chi connectivity index (χ2n) is 6.41. The Kier molecular flexibility index (Phi) is 7.35. The highest BCUT2D eigenvalue weighted by Gasteiger charge is 2.14. The SMILES string of the molecule is COc1ccc(C(=O)NNC(=O)c2ccc(COc3ccc(Cl)cc3)cc2)c(OC)c1. The molecule has 0 fully saturated rings. The van der Waals surface area contributed by atoms with Crippen LogP contribution in [0.2, 0.25) is 5.02 Å². The molecule has 7 nitrogen and oxygen atoms in total. The zero-order valence-electron chi connectivity index (χ0n) is 17.0. The summed E-state index contributed by atoms with van der Waals surface area (Å²) in [6, 6.07) is 18.7. The Hall–Kier alpha value is -3.71. The first-order chi connectivity index (χ1) is 15.0. The van der Waals surface area contributed by atoms with Crippen LogP contribution in [0.25, 0.3) is 0 Å². The van der Waals surface area contributed by atoms with Crippen LogP contribution >= 0.6 is 11.6 Å². The van der Waals surface area contributed by atoms with Crippen molar-refractivity contribution in [1.29, 1.82) is 0 Å². The monoisotopic (exact) mass is 440 g/mol. The standard InChI is InChI=1S/C23H21ClN2O5/c1-29-19-11-12-20(21(13-19)30-2)23(28)26-25-22(27)16-5-3-15(4-6-16)14-31-18-9-7-17(24)8-10-18/h3-13H,14H2,1-2H3,(H,25,27)(H,26,28). The third-order valence-corrected chi connectivity index (χ3v) is 4.63. The van der Waals surface area contributed by atoms with Crippen LogP contribution in [0, 0.1) is 0 Å². The normalized spacial score (nSPS) is 10.2. The number of hydrogen-bond acceptors (Lipinski definition) is 5. The third kappa shape index (κ3) is 5.90. The molecule has 8 heteroatoms.